The second-order valence-electron chi connectivity index (χ2n) is 9.23. The Morgan fingerprint density at radius 1 is 1.03 bits per heavy atom. The van der Waals surface area contributed by atoms with Gasteiger partial charge in [-0.25, -0.2) is 0 Å². The summed E-state index contributed by atoms with van der Waals surface area (Å²) in [5, 5.41) is 2.58. The van der Waals surface area contributed by atoms with Gasteiger partial charge >= 0.3 is 0 Å². The maximum absolute atomic E-state index is 10.7. The normalized spacial score (nSPS) is 17.8. The summed E-state index contributed by atoms with van der Waals surface area (Å²) in [5.74, 6) is 0. The average Bonchev–Trinajstić information content (AvgIpc) is 2.73. The summed E-state index contributed by atoms with van der Waals surface area (Å²) in [6, 6.07) is 15.1. The Balaban J connectivity index is 1.97. The van der Waals surface area contributed by atoms with Crippen LogP contribution in [0.3, 0.4) is 0 Å². The summed E-state index contributed by atoms with van der Waals surface area (Å²) in [6.45, 7) is 8.94. The highest BCUT2D eigenvalue weighted by Gasteiger charge is 2.26. The van der Waals surface area contributed by atoms with Crippen molar-refractivity contribution in [3.05, 3.63) is 107 Å². The van der Waals surface area contributed by atoms with E-state index >= 15 is 0 Å². The molecule has 0 heterocycles. The number of carbonyl (C=O) groups is 1. The summed E-state index contributed by atoms with van der Waals surface area (Å²) in [7, 11) is 0. The summed E-state index contributed by atoms with van der Waals surface area (Å²) in [6.07, 6.45) is 17.8. The van der Waals surface area contributed by atoms with Crippen LogP contribution in [-0.2, 0) is 11.2 Å². The van der Waals surface area contributed by atoms with Crippen molar-refractivity contribution >= 4 is 17.1 Å². The Labute approximate surface area is 187 Å². The Kier molecular flexibility index (Phi) is 7.63. The van der Waals surface area contributed by atoms with Gasteiger partial charge in [0.25, 0.3) is 0 Å². The van der Waals surface area contributed by atoms with Crippen LogP contribution in [0, 0.1) is 5.41 Å². The number of hydrogen-bond donors (Lipinski definition) is 0. The third-order valence-electron chi connectivity index (χ3n) is 6.28. The van der Waals surface area contributed by atoms with Crippen molar-refractivity contribution in [2.75, 3.05) is 0 Å². The van der Waals surface area contributed by atoms with Crippen molar-refractivity contribution in [2.45, 2.75) is 53.4 Å². The van der Waals surface area contributed by atoms with Crippen molar-refractivity contribution in [3.8, 4) is 0 Å². The third kappa shape index (κ3) is 6.04. The Bertz CT molecular complexity index is 1080. The van der Waals surface area contributed by atoms with Gasteiger partial charge in [-0.3, -0.25) is 4.79 Å². The Hall–Kier alpha value is -2.93. The van der Waals surface area contributed by atoms with E-state index in [0.717, 1.165) is 18.3 Å². The first-order valence-electron chi connectivity index (χ1n) is 11.2. The third-order valence-corrected chi connectivity index (χ3v) is 6.28. The molecule has 0 saturated carbocycles. The number of rotatable bonds is 7. The van der Waals surface area contributed by atoms with Gasteiger partial charge in [-0.05, 0) is 84.1 Å². The smallest absolute Gasteiger partial charge is 0.143 e. The van der Waals surface area contributed by atoms with Gasteiger partial charge in [0.15, 0.2) is 0 Å². The van der Waals surface area contributed by atoms with E-state index in [-0.39, 0.29) is 5.41 Å². The quantitative estimate of drug-likeness (QED) is 0.256. The first kappa shape index (κ1) is 22.7. The lowest BCUT2D eigenvalue weighted by molar-refractivity contribution is -0.104. The van der Waals surface area contributed by atoms with Crippen molar-refractivity contribution in [2.24, 2.45) is 5.41 Å². The van der Waals surface area contributed by atoms with Gasteiger partial charge < -0.3 is 0 Å². The molecule has 160 valence electrons. The van der Waals surface area contributed by atoms with Gasteiger partial charge in [0.2, 0.25) is 0 Å². The van der Waals surface area contributed by atoms with Gasteiger partial charge in [0.05, 0.1) is 0 Å². The standard InChI is InChI=1S/C30H34O/c1-23(19-21-31)10-7-12-25(17-18-29-24(2)11-9-20-30(29,3)4)22-27-15-8-14-26-13-5-6-16-28(26)27/h5-8,10,12-19,21H,9,11,20,22H2,1-4H3/b10-7-,18-17+,23-19+,25-12-. The molecule has 1 heteroatoms. The summed E-state index contributed by atoms with van der Waals surface area (Å²) >= 11 is 0. The second kappa shape index (κ2) is 10.4. The van der Waals surface area contributed by atoms with Crippen molar-refractivity contribution in [1.82, 2.24) is 0 Å². The number of hydrogen-bond acceptors (Lipinski definition) is 1. The summed E-state index contributed by atoms with van der Waals surface area (Å²) in [4.78, 5) is 10.7. The van der Waals surface area contributed by atoms with Crippen LogP contribution >= 0.6 is 0 Å². The van der Waals surface area contributed by atoms with E-state index in [9.17, 15) is 4.79 Å². The molecule has 2 aromatic carbocycles. The maximum atomic E-state index is 10.7. The fourth-order valence-corrected chi connectivity index (χ4v) is 4.53. The minimum atomic E-state index is 0.225. The van der Waals surface area contributed by atoms with E-state index < -0.39 is 0 Å². The SMILES string of the molecule is CC1=C(/C=C/C(=C/C=C\C(C)=C\C=O)Cc2cccc3ccccc23)C(C)(C)CCC1. The van der Waals surface area contributed by atoms with Crippen molar-refractivity contribution in [1.29, 1.82) is 0 Å². The van der Waals surface area contributed by atoms with E-state index in [4.69, 9.17) is 0 Å². The molecular formula is C30H34O. The zero-order valence-electron chi connectivity index (χ0n) is 19.3. The molecule has 2 aromatic rings. The Morgan fingerprint density at radius 2 is 1.81 bits per heavy atom. The van der Waals surface area contributed by atoms with Crippen LogP contribution in [-0.4, -0.2) is 6.29 Å². The minimum absolute atomic E-state index is 0.225. The summed E-state index contributed by atoms with van der Waals surface area (Å²) in [5.41, 5.74) is 6.75. The number of benzene rings is 2. The summed E-state index contributed by atoms with van der Waals surface area (Å²) < 4.78 is 0. The van der Waals surface area contributed by atoms with Crippen LogP contribution in [0.15, 0.2) is 101 Å². The van der Waals surface area contributed by atoms with E-state index in [1.165, 1.54) is 52.3 Å². The molecule has 0 unspecified atom stereocenters. The van der Waals surface area contributed by atoms with Gasteiger partial charge in [-0.2, -0.15) is 0 Å². The number of allylic oxidation sites excluding steroid dienone is 10. The molecule has 0 aromatic heterocycles. The van der Waals surface area contributed by atoms with E-state index in [1.807, 2.05) is 19.1 Å². The molecular weight excluding hydrogens is 376 g/mol. The highest BCUT2D eigenvalue weighted by molar-refractivity contribution is 5.86. The van der Waals surface area contributed by atoms with E-state index in [1.54, 1.807) is 6.08 Å². The number of carbonyl (C=O) groups excluding carboxylic acids is 1. The average molecular weight is 411 g/mol. The molecule has 31 heavy (non-hydrogen) atoms. The topological polar surface area (TPSA) is 17.1 Å². The van der Waals surface area contributed by atoms with Crippen LogP contribution in [0.1, 0.15) is 52.5 Å². The van der Waals surface area contributed by atoms with Crippen molar-refractivity contribution in [3.63, 3.8) is 0 Å². The largest absolute Gasteiger partial charge is 0.299 e. The molecule has 3 rings (SSSR count). The monoisotopic (exact) mass is 410 g/mol. The molecule has 0 spiro atoms. The lowest BCUT2D eigenvalue weighted by atomic mass is 9.72. The molecule has 0 fully saturated rings. The van der Waals surface area contributed by atoms with Gasteiger partial charge in [-0.15, -0.1) is 0 Å². The van der Waals surface area contributed by atoms with E-state index in [0.29, 0.717) is 0 Å². The van der Waals surface area contributed by atoms with Crippen LogP contribution < -0.4 is 0 Å². The fourth-order valence-electron chi connectivity index (χ4n) is 4.53. The zero-order chi connectivity index (χ0) is 22.3. The van der Waals surface area contributed by atoms with Crippen LogP contribution in [0.25, 0.3) is 10.8 Å². The molecule has 1 nitrogen and oxygen atoms in total. The molecule has 1 aliphatic carbocycles. The van der Waals surface area contributed by atoms with Crippen LogP contribution in [0.2, 0.25) is 0 Å². The molecule has 0 atom stereocenters. The highest BCUT2D eigenvalue weighted by Crippen LogP contribution is 2.41. The maximum Gasteiger partial charge on any atom is 0.143 e. The van der Waals surface area contributed by atoms with E-state index in [2.05, 4.69) is 81.5 Å². The second-order valence-corrected chi connectivity index (χ2v) is 9.23. The molecule has 0 N–H and O–H groups in total. The lowest BCUT2D eigenvalue weighted by Crippen LogP contribution is -2.19. The molecule has 0 saturated heterocycles. The Morgan fingerprint density at radius 3 is 2.58 bits per heavy atom. The molecule has 0 bridgehead atoms. The molecule has 0 radical (unpaired) electrons. The van der Waals surface area contributed by atoms with Gasteiger partial charge in [0.1, 0.15) is 6.29 Å². The predicted molar refractivity (Wildman–Crippen MR) is 134 cm³/mol. The van der Waals surface area contributed by atoms with Gasteiger partial charge in [0, 0.05) is 0 Å². The first-order chi connectivity index (χ1) is 14.9. The van der Waals surface area contributed by atoms with Crippen molar-refractivity contribution < 1.29 is 4.79 Å². The highest BCUT2D eigenvalue weighted by atomic mass is 16.1. The number of fused-ring (bicyclic) bond motifs is 1. The lowest BCUT2D eigenvalue weighted by Gasteiger charge is -2.33. The van der Waals surface area contributed by atoms with Crippen LogP contribution in [0.5, 0.6) is 0 Å². The predicted octanol–water partition coefficient (Wildman–Crippen LogP) is 8.09. The molecule has 0 amide bonds. The minimum Gasteiger partial charge on any atom is -0.299 e. The zero-order valence-corrected chi connectivity index (χ0v) is 19.3. The fraction of sp³-hybridized carbons (Fsp3) is 0.300. The molecule has 1 aliphatic rings. The molecule has 0 aliphatic heterocycles. The van der Waals surface area contributed by atoms with Gasteiger partial charge in [-0.1, -0.05) is 92.3 Å². The number of aldehydes is 1. The first-order valence-corrected chi connectivity index (χ1v) is 11.2. The van der Waals surface area contributed by atoms with Crippen LogP contribution in [0.4, 0.5) is 0 Å².